The van der Waals surface area contributed by atoms with Gasteiger partial charge in [-0.25, -0.2) is 0 Å². The maximum absolute atomic E-state index is 11.8. The first-order valence-electron chi connectivity index (χ1n) is 6.58. The van der Waals surface area contributed by atoms with Gasteiger partial charge >= 0.3 is 0 Å². The first-order chi connectivity index (χ1) is 9.60. The molecule has 0 spiro atoms. The molecule has 1 atom stereocenters. The summed E-state index contributed by atoms with van der Waals surface area (Å²) in [4.78, 5) is 11.8. The Balaban J connectivity index is 2.54. The third-order valence-corrected chi connectivity index (χ3v) is 3.81. The Bertz CT molecular complexity index is 505. The monoisotopic (exact) mass is 293 g/mol. The van der Waals surface area contributed by atoms with E-state index < -0.39 is 5.92 Å². The molecule has 1 aromatic rings. The minimum absolute atomic E-state index is 0.0857. The molecule has 0 aliphatic rings. The number of aryl methyl sites for hydroxylation is 1. The van der Waals surface area contributed by atoms with Crippen molar-refractivity contribution in [2.45, 2.75) is 44.8 Å². The quantitative estimate of drug-likeness (QED) is 0.428. The lowest BCUT2D eigenvalue weighted by molar-refractivity contribution is -0.117. The number of nitrogens with one attached hydrogen (secondary N) is 1. The molecule has 0 radical (unpaired) electrons. The lowest BCUT2D eigenvalue weighted by Crippen LogP contribution is -2.21. The number of carbonyl (C=O) groups excluding carboxylic acids is 1. The highest BCUT2D eigenvalue weighted by Crippen LogP contribution is 2.17. The van der Waals surface area contributed by atoms with E-state index in [-0.39, 0.29) is 17.2 Å². The molecular formula is C13H19N5OS. The van der Waals surface area contributed by atoms with Crippen molar-refractivity contribution in [3.05, 3.63) is 6.33 Å². The SMILES string of the molecule is CCCCCn1cnnc1SCC(=O)[C@@H](C#N)C(C)=N. The van der Waals surface area contributed by atoms with E-state index in [4.69, 9.17) is 10.7 Å². The second-order valence-electron chi connectivity index (χ2n) is 4.51. The molecule has 0 aliphatic carbocycles. The molecule has 0 unspecified atom stereocenters. The van der Waals surface area contributed by atoms with Crippen LogP contribution in [0.25, 0.3) is 0 Å². The van der Waals surface area contributed by atoms with E-state index >= 15 is 0 Å². The summed E-state index contributed by atoms with van der Waals surface area (Å²) in [5.74, 6) is -1.06. The number of ketones is 1. The first-order valence-corrected chi connectivity index (χ1v) is 7.56. The molecule has 1 N–H and O–H groups in total. The molecule has 0 aromatic carbocycles. The molecule has 7 heteroatoms. The van der Waals surface area contributed by atoms with Crippen LogP contribution in [0.2, 0.25) is 0 Å². The minimum atomic E-state index is -0.945. The Hall–Kier alpha value is -1.68. The number of hydrogen-bond donors (Lipinski definition) is 1. The molecular weight excluding hydrogens is 274 g/mol. The highest BCUT2D eigenvalue weighted by atomic mass is 32.2. The van der Waals surface area contributed by atoms with Gasteiger partial charge in [0, 0.05) is 12.3 Å². The Labute approximate surface area is 123 Å². The van der Waals surface area contributed by atoms with E-state index in [2.05, 4.69) is 17.1 Å². The average molecular weight is 293 g/mol. The highest BCUT2D eigenvalue weighted by Gasteiger charge is 2.20. The normalized spacial score (nSPS) is 11.8. The molecule has 108 valence electrons. The van der Waals surface area contributed by atoms with Gasteiger partial charge in [0.2, 0.25) is 0 Å². The molecule has 1 aromatic heterocycles. The van der Waals surface area contributed by atoms with Crippen molar-refractivity contribution in [2.75, 3.05) is 5.75 Å². The summed E-state index contributed by atoms with van der Waals surface area (Å²) in [6.45, 7) is 4.45. The van der Waals surface area contributed by atoms with Crippen LogP contribution in [0.15, 0.2) is 11.5 Å². The summed E-state index contributed by atoms with van der Waals surface area (Å²) in [6.07, 6.45) is 5.00. The van der Waals surface area contributed by atoms with Gasteiger partial charge in [-0.1, -0.05) is 31.5 Å². The predicted octanol–water partition coefficient (Wildman–Crippen LogP) is 2.31. The summed E-state index contributed by atoms with van der Waals surface area (Å²) in [6, 6.07) is 1.86. The Morgan fingerprint density at radius 3 is 2.95 bits per heavy atom. The van der Waals surface area contributed by atoms with Crippen LogP contribution >= 0.6 is 11.8 Å². The van der Waals surface area contributed by atoms with E-state index in [0.29, 0.717) is 5.16 Å². The van der Waals surface area contributed by atoms with E-state index in [1.54, 1.807) is 6.33 Å². The second-order valence-corrected chi connectivity index (χ2v) is 5.46. The zero-order valence-corrected chi connectivity index (χ0v) is 12.6. The topological polar surface area (TPSA) is 95.4 Å². The Kier molecular flexibility index (Phi) is 6.94. The van der Waals surface area contributed by atoms with Crippen LogP contribution in [0.5, 0.6) is 0 Å². The number of thioether (sulfide) groups is 1. The van der Waals surface area contributed by atoms with Crippen molar-refractivity contribution < 1.29 is 4.79 Å². The first kappa shape index (κ1) is 16.4. The summed E-state index contributed by atoms with van der Waals surface area (Å²) >= 11 is 1.27. The van der Waals surface area contributed by atoms with E-state index in [9.17, 15) is 4.79 Å². The number of nitriles is 1. The molecule has 0 saturated heterocycles. The lowest BCUT2D eigenvalue weighted by atomic mass is 10.0. The van der Waals surface area contributed by atoms with Crippen molar-refractivity contribution in [3.8, 4) is 6.07 Å². The minimum Gasteiger partial charge on any atom is -0.309 e. The molecule has 0 amide bonds. The van der Waals surface area contributed by atoms with Gasteiger partial charge in [-0.05, 0) is 13.3 Å². The maximum atomic E-state index is 11.8. The van der Waals surface area contributed by atoms with Crippen molar-refractivity contribution >= 4 is 23.3 Å². The molecule has 1 rings (SSSR count). The number of carbonyl (C=O) groups is 1. The summed E-state index contributed by atoms with van der Waals surface area (Å²) < 4.78 is 1.92. The van der Waals surface area contributed by atoms with Crippen LogP contribution in [0.3, 0.4) is 0 Å². The Morgan fingerprint density at radius 1 is 1.60 bits per heavy atom. The number of Topliss-reactive ketones (excluding diaryl/α,β-unsaturated/α-hetero) is 1. The third kappa shape index (κ3) is 4.78. The predicted molar refractivity (Wildman–Crippen MR) is 77.8 cm³/mol. The largest absolute Gasteiger partial charge is 0.309 e. The molecule has 6 nitrogen and oxygen atoms in total. The van der Waals surface area contributed by atoms with Crippen LogP contribution in [0.1, 0.15) is 33.1 Å². The summed E-state index contributed by atoms with van der Waals surface area (Å²) in [7, 11) is 0. The molecule has 1 heterocycles. The molecule has 0 fully saturated rings. The smallest absolute Gasteiger partial charge is 0.191 e. The lowest BCUT2D eigenvalue weighted by Gasteiger charge is -2.07. The number of hydrogen-bond acceptors (Lipinski definition) is 6. The van der Waals surface area contributed by atoms with Gasteiger partial charge in [-0.3, -0.25) is 4.79 Å². The van der Waals surface area contributed by atoms with Crippen molar-refractivity contribution in [1.29, 1.82) is 10.7 Å². The number of unbranched alkanes of at least 4 members (excludes halogenated alkanes) is 2. The van der Waals surface area contributed by atoms with E-state index in [1.165, 1.54) is 18.7 Å². The average Bonchev–Trinajstić information content (AvgIpc) is 2.84. The molecule has 0 aliphatic heterocycles. The van der Waals surface area contributed by atoms with Crippen LogP contribution in [0, 0.1) is 22.7 Å². The number of rotatable bonds is 9. The number of nitrogens with zero attached hydrogens (tertiary/aromatic N) is 4. The van der Waals surface area contributed by atoms with Gasteiger partial charge < -0.3 is 9.98 Å². The van der Waals surface area contributed by atoms with Crippen LogP contribution in [-0.4, -0.2) is 32.0 Å². The van der Waals surface area contributed by atoms with Gasteiger partial charge in [-0.15, -0.1) is 10.2 Å². The van der Waals surface area contributed by atoms with Crippen molar-refractivity contribution in [2.24, 2.45) is 5.92 Å². The zero-order valence-electron chi connectivity index (χ0n) is 11.8. The fraction of sp³-hybridized carbons (Fsp3) is 0.615. The number of aromatic nitrogens is 3. The fourth-order valence-electron chi connectivity index (χ4n) is 1.67. The van der Waals surface area contributed by atoms with Gasteiger partial charge in [-0.2, -0.15) is 5.26 Å². The fourth-order valence-corrected chi connectivity index (χ4v) is 2.52. The third-order valence-electron chi connectivity index (χ3n) is 2.81. The van der Waals surface area contributed by atoms with Gasteiger partial charge in [0.1, 0.15) is 12.2 Å². The van der Waals surface area contributed by atoms with Crippen molar-refractivity contribution in [1.82, 2.24) is 14.8 Å². The highest BCUT2D eigenvalue weighted by molar-refractivity contribution is 7.99. The van der Waals surface area contributed by atoms with Crippen LogP contribution in [-0.2, 0) is 11.3 Å². The van der Waals surface area contributed by atoms with E-state index in [0.717, 1.165) is 25.8 Å². The Morgan fingerprint density at radius 2 is 2.35 bits per heavy atom. The van der Waals surface area contributed by atoms with Gasteiger partial charge in [0.05, 0.1) is 11.8 Å². The zero-order chi connectivity index (χ0) is 15.0. The van der Waals surface area contributed by atoms with E-state index in [1.807, 2.05) is 10.6 Å². The van der Waals surface area contributed by atoms with Gasteiger partial charge in [0.15, 0.2) is 10.9 Å². The summed E-state index contributed by atoms with van der Waals surface area (Å²) in [5, 5.41) is 24.8. The van der Waals surface area contributed by atoms with Crippen LogP contribution < -0.4 is 0 Å². The van der Waals surface area contributed by atoms with Crippen molar-refractivity contribution in [3.63, 3.8) is 0 Å². The standard InChI is InChI=1S/C13H19N5OS/c1-3-4-5-6-18-9-16-17-13(18)20-8-12(19)11(7-14)10(2)15/h9,11,15H,3-6,8H2,1-2H3/t11-/m0/s1. The maximum Gasteiger partial charge on any atom is 0.191 e. The van der Waals surface area contributed by atoms with Crippen LogP contribution in [0.4, 0.5) is 0 Å². The van der Waals surface area contributed by atoms with Gasteiger partial charge in [0.25, 0.3) is 0 Å². The summed E-state index contributed by atoms with van der Waals surface area (Å²) in [5.41, 5.74) is 0.0857. The molecule has 20 heavy (non-hydrogen) atoms. The molecule has 0 bridgehead atoms. The second kappa shape index (κ2) is 8.48. The molecule has 0 saturated carbocycles.